The molecule has 1 saturated carbocycles. The zero-order valence-corrected chi connectivity index (χ0v) is 8.43. The van der Waals surface area contributed by atoms with E-state index in [2.05, 4.69) is 27.4 Å². The van der Waals surface area contributed by atoms with Gasteiger partial charge in [0.05, 0.1) is 6.10 Å². The highest BCUT2D eigenvalue weighted by Crippen LogP contribution is 2.43. The van der Waals surface area contributed by atoms with E-state index in [1.165, 1.54) is 5.57 Å². The predicted molar refractivity (Wildman–Crippen MR) is 51.9 cm³/mol. The van der Waals surface area contributed by atoms with Crippen molar-refractivity contribution in [3.63, 3.8) is 0 Å². The van der Waals surface area contributed by atoms with E-state index in [1.54, 1.807) is 0 Å². The molecule has 1 nitrogen and oxygen atoms in total. The Morgan fingerprint density at radius 2 is 2.00 bits per heavy atom. The molecule has 0 amide bonds. The Balaban J connectivity index is 2.70. The molecule has 12 heavy (non-hydrogen) atoms. The van der Waals surface area contributed by atoms with Gasteiger partial charge in [-0.15, -0.1) is 0 Å². The zero-order chi connectivity index (χ0) is 9.35. The first-order chi connectivity index (χ1) is 5.43. The van der Waals surface area contributed by atoms with Crippen LogP contribution in [0.2, 0.25) is 0 Å². The lowest BCUT2D eigenvalue weighted by molar-refractivity contribution is 0.0363. The predicted octanol–water partition coefficient (Wildman–Crippen LogP) is 2.75. The summed E-state index contributed by atoms with van der Waals surface area (Å²) in [6.45, 7) is 10.6. The van der Waals surface area contributed by atoms with Crippen molar-refractivity contribution in [1.29, 1.82) is 0 Å². The largest absolute Gasteiger partial charge is 0.393 e. The van der Waals surface area contributed by atoms with Crippen LogP contribution in [-0.2, 0) is 0 Å². The lowest BCUT2D eigenvalue weighted by Gasteiger charge is -2.41. The first-order valence-corrected chi connectivity index (χ1v) is 4.77. The number of rotatable bonds is 1. The summed E-state index contributed by atoms with van der Waals surface area (Å²) in [5.41, 5.74) is 1.51. The Kier molecular flexibility index (Phi) is 2.62. The van der Waals surface area contributed by atoms with Crippen LogP contribution in [0.15, 0.2) is 12.2 Å². The summed E-state index contributed by atoms with van der Waals surface area (Å²) in [4.78, 5) is 0. The number of aliphatic hydroxyl groups excluding tert-OH is 1. The SMILES string of the molecule is C=C(C)C1CCC(O)CC1(C)C. The van der Waals surface area contributed by atoms with Gasteiger partial charge in [0, 0.05) is 0 Å². The molecule has 1 aliphatic carbocycles. The van der Waals surface area contributed by atoms with Gasteiger partial charge in [0.15, 0.2) is 0 Å². The van der Waals surface area contributed by atoms with Crippen LogP contribution < -0.4 is 0 Å². The minimum atomic E-state index is -0.0874. The van der Waals surface area contributed by atoms with Crippen molar-refractivity contribution in [3.8, 4) is 0 Å². The summed E-state index contributed by atoms with van der Waals surface area (Å²) in [5, 5.41) is 9.51. The minimum absolute atomic E-state index is 0.0874. The first-order valence-electron chi connectivity index (χ1n) is 4.77. The minimum Gasteiger partial charge on any atom is -0.393 e. The Hall–Kier alpha value is -0.300. The van der Waals surface area contributed by atoms with Crippen molar-refractivity contribution >= 4 is 0 Å². The smallest absolute Gasteiger partial charge is 0.0545 e. The zero-order valence-electron chi connectivity index (χ0n) is 8.43. The van der Waals surface area contributed by atoms with Gasteiger partial charge < -0.3 is 5.11 Å². The van der Waals surface area contributed by atoms with Crippen molar-refractivity contribution in [1.82, 2.24) is 0 Å². The van der Waals surface area contributed by atoms with Crippen LogP contribution in [0.1, 0.15) is 40.0 Å². The second-order valence-electron chi connectivity index (χ2n) is 4.82. The van der Waals surface area contributed by atoms with Gasteiger partial charge in [0.1, 0.15) is 0 Å². The molecule has 0 radical (unpaired) electrons. The van der Waals surface area contributed by atoms with Crippen molar-refractivity contribution in [3.05, 3.63) is 12.2 Å². The molecular formula is C11H20O. The van der Waals surface area contributed by atoms with E-state index in [-0.39, 0.29) is 11.5 Å². The molecule has 0 heterocycles. The van der Waals surface area contributed by atoms with Gasteiger partial charge >= 0.3 is 0 Å². The van der Waals surface area contributed by atoms with Crippen molar-refractivity contribution < 1.29 is 5.11 Å². The van der Waals surface area contributed by atoms with Gasteiger partial charge in [-0.2, -0.15) is 0 Å². The maximum absolute atomic E-state index is 9.51. The molecule has 1 aliphatic rings. The normalized spacial score (nSPS) is 34.7. The van der Waals surface area contributed by atoms with Crippen LogP contribution in [-0.4, -0.2) is 11.2 Å². The van der Waals surface area contributed by atoms with Gasteiger partial charge in [0.25, 0.3) is 0 Å². The molecule has 0 saturated heterocycles. The van der Waals surface area contributed by atoms with Crippen molar-refractivity contribution in [2.75, 3.05) is 0 Å². The fourth-order valence-corrected chi connectivity index (χ4v) is 2.51. The molecule has 0 aliphatic heterocycles. The Morgan fingerprint density at radius 1 is 1.42 bits per heavy atom. The first kappa shape index (κ1) is 9.79. The third-order valence-corrected chi connectivity index (χ3v) is 3.09. The van der Waals surface area contributed by atoms with E-state index in [0.29, 0.717) is 5.92 Å². The highest BCUT2D eigenvalue weighted by atomic mass is 16.3. The number of allylic oxidation sites excluding steroid dienone is 1. The van der Waals surface area contributed by atoms with Crippen LogP contribution >= 0.6 is 0 Å². The quantitative estimate of drug-likeness (QED) is 0.597. The highest BCUT2D eigenvalue weighted by Gasteiger charge is 2.36. The van der Waals surface area contributed by atoms with E-state index in [4.69, 9.17) is 0 Å². The number of hydrogen-bond donors (Lipinski definition) is 1. The molecule has 1 N–H and O–H groups in total. The van der Waals surface area contributed by atoms with E-state index in [9.17, 15) is 5.11 Å². The van der Waals surface area contributed by atoms with Crippen LogP contribution in [0.25, 0.3) is 0 Å². The van der Waals surface area contributed by atoms with Gasteiger partial charge in [0.2, 0.25) is 0 Å². The average Bonchev–Trinajstić information content (AvgIpc) is 1.82. The third kappa shape index (κ3) is 1.89. The lowest BCUT2D eigenvalue weighted by Crippen LogP contribution is -2.35. The standard InChI is InChI=1S/C11H20O/c1-8(2)10-6-5-9(12)7-11(10,3)4/h9-10,12H,1,5-7H2,2-4H3. The van der Waals surface area contributed by atoms with Crippen LogP contribution in [0.4, 0.5) is 0 Å². The number of aliphatic hydroxyl groups is 1. The molecule has 0 spiro atoms. The third-order valence-electron chi connectivity index (χ3n) is 3.09. The second-order valence-corrected chi connectivity index (χ2v) is 4.82. The second kappa shape index (κ2) is 3.21. The molecule has 0 bridgehead atoms. The topological polar surface area (TPSA) is 20.2 Å². The Labute approximate surface area is 75.5 Å². The summed E-state index contributed by atoms with van der Waals surface area (Å²) in [6, 6.07) is 0. The average molecular weight is 168 g/mol. The fourth-order valence-electron chi connectivity index (χ4n) is 2.51. The van der Waals surface area contributed by atoms with Crippen LogP contribution in [0, 0.1) is 11.3 Å². The highest BCUT2D eigenvalue weighted by molar-refractivity contribution is 5.05. The maximum Gasteiger partial charge on any atom is 0.0545 e. The molecule has 2 atom stereocenters. The molecule has 1 fully saturated rings. The maximum atomic E-state index is 9.51. The van der Waals surface area contributed by atoms with E-state index in [0.717, 1.165) is 19.3 Å². The molecule has 1 heteroatoms. The Bertz CT molecular complexity index is 181. The van der Waals surface area contributed by atoms with E-state index in [1.807, 2.05) is 0 Å². The number of hydrogen-bond acceptors (Lipinski definition) is 1. The van der Waals surface area contributed by atoms with Gasteiger partial charge in [-0.05, 0) is 37.5 Å². The summed E-state index contributed by atoms with van der Waals surface area (Å²) < 4.78 is 0. The van der Waals surface area contributed by atoms with E-state index < -0.39 is 0 Å². The molecular weight excluding hydrogens is 148 g/mol. The van der Waals surface area contributed by atoms with Gasteiger partial charge in [-0.3, -0.25) is 0 Å². The molecule has 0 aromatic heterocycles. The van der Waals surface area contributed by atoms with Gasteiger partial charge in [-0.25, -0.2) is 0 Å². The monoisotopic (exact) mass is 168 g/mol. The summed E-state index contributed by atoms with van der Waals surface area (Å²) >= 11 is 0. The summed E-state index contributed by atoms with van der Waals surface area (Å²) in [5.74, 6) is 0.598. The van der Waals surface area contributed by atoms with Crippen LogP contribution in [0.3, 0.4) is 0 Å². The van der Waals surface area contributed by atoms with Crippen molar-refractivity contribution in [2.45, 2.75) is 46.1 Å². The summed E-state index contributed by atoms with van der Waals surface area (Å²) in [7, 11) is 0. The Morgan fingerprint density at radius 3 is 2.42 bits per heavy atom. The van der Waals surface area contributed by atoms with Crippen LogP contribution in [0.5, 0.6) is 0 Å². The van der Waals surface area contributed by atoms with Gasteiger partial charge in [-0.1, -0.05) is 26.0 Å². The fraction of sp³-hybridized carbons (Fsp3) is 0.818. The molecule has 70 valence electrons. The van der Waals surface area contributed by atoms with Crippen molar-refractivity contribution in [2.24, 2.45) is 11.3 Å². The summed E-state index contributed by atoms with van der Waals surface area (Å²) in [6.07, 6.45) is 2.88. The molecule has 0 aromatic carbocycles. The molecule has 1 rings (SSSR count). The lowest BCUT2D eigenvalue weighted by atomic mass is 9.65. The van der Waals surface area contributed by atoms with E-state index >= 15 is 0 Å². The molecule has 2 unspecified atom stereocenters. The molecule has 0 aromatic rings.